The zero-order valence-electron chi connectivity index (χ0n) is 14.1. The molecule has 1 heterocycles. The molecule has 27 heavy (non-hydrogen) atoms. The summed E-state index contributed by atoms with van der Waals surface area (Å²) in [7, 11) is 0. The molecule has 0 aromatic heterocycles. The van der Waals surface area contributed by atoms with Gasteiger partial charge in [-0.3, -0.25) is 0 Å². The number of hydrogen-bond donors (Lipinski definition) is 0. The molecule has 1 aliphatic rings. The number of benzene rings is 3. The highest BCUT2D eigenvalue weighted by molar-refractivity contribution is 6.50. The van der Waals surface area contributed by atoms with Crippen LogP contribution in [0.1, 0.15) is 11.1 Å². The Balaban J connectivity index is 2.04. The topological polar surface area (TPSA) is 3.24 Å². The molecule has 136 valence electrons. The van der Waals surface area contributed by atoms with Gasteiger partial charge in [0.25, 0.3) is 0 Å². The summed E-state index contributed by atoms with van der Waals surface area (Å²) in [5.41, 5.74) is 2.37. The summed E-state index contributed by atoms with van der Waals surface area (Å²) < 4.78 is 0. The Morgan fingerprint density at radius 1 is 0.593 bits per heavy atom. The monoisotopic (exact) mass is 433 g/mol. The Bertz CT molecular complexity index is 975. The average molecular weight is 435 g/mol. The van der Waals surface area contributed by atoms with E-state index in [9.17, 15) is 0 Å². The summed E-state index contributed by atoms with van der Waals surface area (Å²) in [6.45, 7) is 0. The highest BCUT2D eigenvalue weighted by atomic mass is 35.5. The summed E-state index contributed by atoms with van der Waals surface area (Å²) in [5, 5.41) is 0.598. The van der Waals surface area contributed by atoms with Crippen LogP contribution in [0.2, 0.25) is 0 Å². The van der Waals surface area contributed by atoms with Crippen LogP contribution in [-0.2, 0) is 9.87 Å². The summed E-state index contributed by atoms with van der Waals surface area (Å²) in [5.74, 6) is 0. The van der Waals surface area contributed by atoms with Gasteiger partial charge in [-0.1, -0.05) is 114 Å². The van der Waals surface area contributed by atoms with Crippen molar-refractivity contribution in [3.63, 3.8) is 0 Å². The maximum atomic E-state index is 7.41. The molecule has 4 rings (SSSR count). The van der Waals surface area contributed by atoms with Gasteiger partial charge in [0.1, 0.15) is 10.0 Å². The maximum absolute atomic E-state index is 7.41. The molecule has 0 bridgehead atoms. The normalized spacial score (nSPS) is 25.1. The Kier molecular flexibility index (Phi) is 4.90. The third kappa shape index (κ3) is 2.68. The third-order valence-electron chi connectivity index (χ3n) is 4.79. The number of para-hydroxylation sites is 1. The molecule has 0 spiro atoms. The van der Waals surface area contributed by atoms with Crippen molar-refractivity contribution in [2.24, 2.45) is 0 Å². The van der Waals surface area contributed by atoms with Crippen LogP contribution >= 0.6 is 46.4 Å². The minimum Gasteiger partial charge on any atom is -0.305 e. The standard InChI is InChI=1S/C22H15Cl4N/c23-19-20(24)27(18-14-8-3-9-15-18)22(26,17-12-6-2-7-13-17)21(19,25)16-10-4-1-5-11-16/h1-15H. The van der Waals surface area contributed by atoms with Gasteiger partial charge in [0.15, 0.2) is 5.00 Å². The lowest BCUT2D eigenvalue weighted by Gasteiger charge is -2.44. The van der Waals surface area contributed by atoms with Crippen LogP contribution in [0, 0.1) is 0 Å². The fourth-order valence-corrected chi connectivity index (χ4v) is 5.27. The molecule has 5 heteroatoms. The molecule has 0 radical (unpaired) electrons. The Labute approximate surface area is 178 Å². The van der Waals surface area contributed by atoms with Gasteiger partial charge < -0.3 is 4.90 Å². The second kappa shape index (κ2) is 7.07. The van der Waals surface area contributed by atoms with Crippen molar-refractivity contribution < 1.29 is 0 Å². The third-order valence-corrected chi connectivity index (χ3v) is 7.25. The van der Waals surface area contributed by atoms with E-state index in [2.05, 4.69) is 0 Å². The van der Waals surface area contributed by atoms with Crippen molar-refractivity contribution >= 4 is 52.1 Å². The lowest BCUT2D eigenvalue weighted by Crippen LogP contribution is -2.48. The summed E-state index contributed by atoms with van der Waals surface area (Å²) >= 11 is 28.2. The average Bonchev–Trinajstić information content (AvgIpc) is 2.89. The van der Waals surface area contributed by atoms with E-state index in [4.69, 9.17) is 46.4 Å². The molecule has 1 nitrogen and oxygen atoms in total. The fraction of sp³-hybridized carbons (Fsp3) is 0.0909. The molecule has 0 aliphatic carbocycles. The van der Waals surface area contributed by atoms with Crippen molar-refractivity contribution in [1.82, 2.24) is 0 Å². The number of anilines is 1. The molecule has 3 aromatic carbocycles. The van der Waals surface area contributed by atoms with Crippen LogP contribution < -0.4 is 4.90 Å². The van der Waals surface area contributed by atoms with Gasteiger partial charge in [-0.25, -0.2) is 0 Å². The molecular weight excluding hydrogens is 420 g/mol. The molecule has 3 aromatic rings. The fourth-order valence-electron chi connectivity index (χ4n) is 3.52. The summed E-state index contributed by atoms with van der Waals surface area (Å²) in [6.07, 6.45) is 0. The van der Waals surface area contributed by atoms with E-state index < -0.39 is 9.87 Å². The first-order valence-electron chi connectivity index (χ1n) is 8.41. The van der Waals surface area contributed by atoms with Gasteiger partial charge in [-0.05, 0) is 23.3 Å². The van der Waals surface area contributed by atoms with E-state index in [0.29, 0.717) is 10.2 Å². The lowest BCUT2D eigenvalue weighted by molar-refractivity contribution is 0.526. The molecule has 1 aliphatic heterocycles. The van der Waals surface area contributed by atoms with Gasteiger partial charge in [0.05, 0.1) is 5.03 Å². The zero-order chi connectivity index (χ0) is 19.1. The van der Waals surface area contributed by atoms with E-state index in [1.54, 1.807) is 4.90 Å². The number of alkyl halides is 2. The number of nitrogens with zero attached hydrogens (tertiary/aromatic N) is 1. The molecule has 0 amide bonds. The van der Waals surface area contributed by atoms with E-state index in [1.165, 1.54) is 0 Å². The highest BCUT2D eigenvalue weighted by Gasteiger charge is 2.64. The van der Waals surface area contributed by atoms with Gasteiger partial charge in [0, 0.05) is 5.69 Å². The number of hydrogen-bond acceptors (Lipinski definition) is 1. The van der Waals surface area contributed by atoms with Gasteiger partial charge in [-0.2, -0.15) is 0 Å². The first-order chi connectivity index (χ1) is 13.0. The minimum atomic E-state index is -1.27. The van der Waals surface area contributed by atoms with Gasteiger partial charge in [0.2, 0.25) is 0 Å². The molecule has 0 fully saturated rings. The molecule has 0 N–H and O–H groups in total. The molecule has 0 saturated heterocycles. The SMILES string of the molecule is ClC1=C(Cl)C(Cl)(c2ccccc2)C(Cl)(c2ccccc2)N1c1ccccc1. The molecule has 2 atom stereocenters. The van der Waals surface area contributed by atoms with Crippen LogP contribution in [0.3, 0.4) is 0 Å². The largest absolute Gasteiger partial charge is 0.305 e. The van der Waals surface area contributed by atoms with Crippen LogP contribution in [-0.4, -0.2) is 0 Å². The molecule has 0 saturated carbocycles. The highest BCUT2D eigenvalue weighted by Crippen LogP contribution is 2.65. The minimum absolute atomic E-state index is 0.291. The van der Waals surface area contributed by atoms with Crippen molar-refractivity contribution in [3.8, 4) is 0 Å². The smallest absolute Gasteiger partial charge is 0.174 e. The predicted octanol–water partition coefficient (Wildman–Crippen LogP) is 7.38. The Hall–Kier alpha value is -1.64. The van der Waals surface area contributed by atoms with Crippen LogP contribution in [0.4, 0.5) is 5.69 Å². The van der Waals surface area contributed by atoms with Crippen LogP contribution in [0.25, 0.3) is 0 Å². The zero-order valence-corrected chi connectivity index (χ0v) is 17.1. The van der Waals surface area contributed by atoms with E-state index in [-0.39, 0.29) is 0 Å². The molecular formula is C22H15Cl4N. The Morgan fingerprint density at radius 2 is 1.04 bits per heavy atom. The van der Waals surface area contributed by atoms with Crippen molar-refractivity contribution in [2.75, 3.05) is 4.90 Å². The second-order valence-corrected chi connectivity index (χ2v) is 8.14. The lowest BCUT2D eigenvalue weighted by atomic mass is 9.86. The van der Waals surface area contributed by atoms with Crippen LogP contribution in [0.15, 0.2) is 101 Å². The Morgan fingerprint density at radius 3 is 1.56 bits per heavy atom. The second-order valence-electron chi connectivity index (χ2n) is 6.29. The van der Waals surface area contributed by atoms with Crippen molar-refractivity contribution in [2.45, 2.75) is 9.87 Å². The van der Waals surface area contributed by atoms with E-state index >= 15 is 0 Å². The maximum Gasteiger partial charge on any atom is 0.174 e. The van der Waals surface area contributed by atoms with E-state index in [1.807, 2.05) is 91.0 Å². The quantitative estimate of drug-likeness (QED) is 0.307. The number of rotatable bonds is 3. The number of halogens is 4. The van der Waals surface area contributed by atoms with Crippen LogP contribution in [0.5, 0.6) is 0 Å². The van der Waals surface area contributed by atoms with Crippen molar-refractivity contribution in [1.29, 1.82) is 0 Å². The predicted molar refractivity (Wildman–Crippen MR) is 116 cm³/mol. The van der Waals surface area contributed by atoms with E-state index in [0.717, 1.165) is 16.8 Å². The van der Waals surface area contributed by atoms with Gasteiger partial charge >= 0.3 is 0 Å². The summed E-state index contributed by atoms with van der Waals surface area (Å²) in [6, 6.07) is 28.8. The first-order valence-corrected chi connectivity index (χ1v) is 9.92. The first kappa shape index (κ1) is 18.7. The van der Waals surface area contributed by atoms with Crippen molar-refractivity contribution in [3.05, 3.63) is 112 Å². The molecule has 2 unspecified atom stereocenters. The van der Waals surface area contributed by atoms with Gasteiger partial charge in [-0.15, -0.1) is 11.6 Å². The summed E-state index contributed by atoms with van der Waals surface area (Å²) in [4.78, 5) is -0.730.